The van der Waals surface area contributed by atoms with Crippen molar-refractivity contribution in [3.8, 4) is 0 Å². The second kappa shape index (κ2) is 5.46. The van der Waals surface area contributed by atoms with Crippen LogP contribution in [0.5, 0.6) is 0 Å². The van der Waals surface area contributed by atoms with Crippen LogP contribution in [0, 0.1) is 0 Å². The molecule has 4 heteroatoms. The summed E-state index contributed by atoms with van der Waals surface area (Å²) in [6.07, 6.45) is 1.06. The molecular formula is C9H18FIN2. The van der Waals surface area contributed by atoms with Crippen molar-refractivity contribution in [3.63, 3.8) is 0 Å². The average Bonchev–Trinajstić information content (AvgIpc) is 2.11. The highest BCUT2D eigenvalue weighted by Gasteiger charge is 2.22. The summed E-state index contributed by atoms with van der Waals surface area (Å²) in [5.74, 6) is 0. The lowest BCUT2D eigenvalue weighted by Gasteiger charge is -2.18. The van der Waals surface area contributed by atoms with Crippen molar-refractivity contribution >= 4 is 22.6 Å². The molecule has 3 unspecified atom stereocenters. The maximum atomic E-state index is 13.3. The topological polar surface area (TPSA) is 15.3 Å². The minimum atomic E-state index is -0.667. The van der Waals surface area contributed by atoms with Gasteiger partial charge in [0.1, 0.15) is 6.17 Å². The zero-order valence-electron chi connectivity index (χ0n) is 8.26. The van der Waals surface area contributed by atoms with Gasteiger partial charge in [0.2, 0.25) is 0 Å². The lowest BCUT2D eigenvalue weighted by Crippen LogP contribution is -2.35. The van der Waals surface area contributed by atoms with E-state index in [0.717, 1.165) is 13.0 Å². The molecule has 2 nitrogen and oxygen atoms in total. The molecular weight excluding hydrogens is 282 g/mol. The van der Waals surface area contributed by atoms with E-state index in [2.05, 4.69) is 39.7 Å². The van der Waals surface area contributed by atoms with E-state index in [-0.39, 0.29) is 0 Å². The molecule has 0 radical (unpaired) electrons. The maximum Gasteiger partial charge on any atom is 0.114 e. The van der Waals surface area contributed by atoms with Crippen LogP contribution in [-0.4, -0.2) is 41.3 Å². The van der Waals surface area contributed by atoms with Crippen LogP contribution in [0.2, 0.25) is 0 Å². The lowest BCUT2D eigenvalue weighted by atomic mass is 10.1. The Kier molecular flexibility index (Phi) is 4.89. The van der Waals surface area contributed by atoms with E-state index in [1.165, 1.54) is 0 Å². The first-order valence-corrected chi connectivity index (χ1v) is 6.05. The molecule has 0 aromatic heterocycles. The molecule has 1 saturated heterocycles. The van der Waals surface area contributed by atoms with Crippen LogP contribution in [-0.2, 0) is 0 Å². The molecule has 1 N–H and O–H groups in total. The summed E-state index contributed by atoms with van der Waals surface area (Å²) in [6, 6.07) is 0.354. The molecule has 78 valence electrons. The van der Waals surface area contributed by atoms with Crippen molar-refractivity contribution in [1.29, 1.82) is 0 Å². The number of halogens is 2. The minimum Gasteiger partial charge on any atom is -0.303 e. The Morgan fingerprint density at radius 3 is 2.92 bits per heavy atom. The second-order valence-electron chi connectivity index (χ2n) is 3.86. The Morgan fingerprint density at radius 1 is 1.62 bits per heavy atom. The van der Waals surface area contributed by atoms with E-state index in [9.17, 15) is 4.39 Å². The largest absolute Gasteiger partial charge is 0.303 e. The maximum absolute atomic E-state index is 13.3. The first kappa shape index (κ1) is 11.7. The summed E-state index contributed by atoms with van der Waals surface area (Å²) in [5.41, 5.74) is 0. The van der Waals surface area contributed by atoms with Crippen molar-refractivity contribution in [2.45, 2.75) is 36.0 Å². The molecule has 0 bridgehead atoms. The van der Waals surface area contributed by atoms with Gasteiger partial charge >= 0.3 is 0 Å². The molecule has 13 heavy (non-hydrogen) atoms. The number of nitrogens with one attached hydrogen (secondary N) is 1. The van der Waals surface area contributed by atoms with Crippen LogP contribution in [0.4, 0.5) is 4.39 Å². The molecule has 1 aliphatic heterocycles. The van der Waals surface area contributed by atoms with Crippen LogP contribution in [0.15, 0.2) is 0 Å². The summed E-state index contributed by atoms with van der Waals surface area (Å²) >= 11 is 2.32. The van der Waals surface area contributed by atoms with Gasteiger partial charge in [-0.2, -0.15) is 0 Å². The van der Waals surface area contributed by atoms with Gasteiger partial charge in [0.15, 0.2) is 0 Å². The molecule has 0 aromatic carbocycles. The minimum absolute atomic E-state index is 0.354. The highest BCUT2D eigenvalue weighted by atomic mass is 127. The van der Waals surface area contributed by atoms with Gasteiger partial charge in [0.25, 0.3) is 0 Å². The van der Waals surface area contributed by atoms with Gasteiger partial charge in [-0.1, -0.05) is 22.6 Å². The molecule has 1 fully saturated rings. The van der Waals surface area contributed by atoms with Gasteiger partial charge < -0.3 is 10.2 Å². The molecule has 0 saturated carbocycles. The Morgan fingerprint density at radius 2 is 2.31 bits per heavy atom. The third-order valence-electron chi connectivity index (χ3n) is 2.37. The third-order valence-corrected chi connectivity index (χ3v) is 2.73. The predicted octanol–water partition coefficient (Wildman–Crippen LogP) is 1.79. The summed E-state index contributed by atoms with van der Waals surface area (Å²) < 4.78 is 13.7. The predicted molar refractivity (Wildman–Crippen MR) is 62.0 cm³/mol. The van der Waals surface area contributed by atoms with E-state index in [1.54, 1.807) is 0 Å². The van der Waals surface area contributed by atoms with Crippen LogP contribution in [0.1, 0.15) is 19.8 Å². The average molecular weight is 300 g/mol. The van der Waals surface area contributed by atoms with Gasteiger partial charge in [0, 0.05) is 12.6 Å². The van der Waals surface area contributed by atoms with E-state index in [1.807, 2.05) is 7.05 Å². The molecule has 0 aliphatic carbocycles. The van der Waals surface area contributed by atoms with Crippen LogP contribution >= 0.6 is 22.6 Å². The summed E-state index contributed by atoms with van der Waals surface area (Å²) in [4.78, 5) is 2.07. The number of hydrogen-bond acceptors (Lipinski definition) is 2. The zero-order valence-corrected chi connectivity index (χ0v) is 10.4. The van der Waals surface area contributed by atoms with Gasteiger partial charge in [0.05, 0.1) is 4.05 Å². The molecule has 1 heterocycles. The van der Waals surface area contributed by atoms with Crippen molar-refractivity contribution < 1.29 is 4.39 Å². The standard InChI is InChI=1S/C9H18FIN2/c1-7(11)12-9-3-4-13(2)6-8(10)5-9/h7-9,12H,3-6H2,1-2H3. The molecule has 0 amide bonds. The van der Waals surface area contributed by atoms with Gasteiger partial charge in [-0.3, -0.25) is 0 Å². The quantitative estimate of drug-likeness (QED) is 0.475. The first-order chi connectivity index (χ1) is 6.08. The monoisotopic (exact) mass is 300 g/mol. The molecule has 1 rings (SSSR count). The molecule has 3 atom stereocenters. The molecule has 0 aromatic rings. The number of nitrogens with zero attached hydrogens (tertiary/aromatic N) is 1. The second-order valence-corrected chi connectivity index (χ2v) is 5.73. The van der Waals surface area contributed by atoms with Crippen molar-refractivity contribution in [1.82, 2.24) is 10.2 Å². The van der Waals surface area contributed by atoms with Crippen molar-refractivity contribution in [2.24, 2.45) is 0 Å². The van der Waals surface area contributed by atoms with E-state index < -0.39 is 6.17 Å². The lowest BCUT2D eigenvalue weighted by molar-refractivity contribution is 0.232. The van der Waals surface area contributed by atoms with Gasteiger partial charge in [-0.25, -0.2) is 4.39 Å². The Hall–Kier alpha value is 0.580. The van der Waals surface area contributed by atoms with Gasteiger partial charge in [-0.05, 0) is 33.4 Å². The van der Waals surface area contributed by atoms with Gasteiger partial charge in [-0.15, -0.1) is 0 Å². The zero-order chi connectivity index (χ0) is 9.84. The highest BCUT2D eigenvalue weighted by Crippen LogP contribution is 2.14. The van der Waals surface area contributed by atoms with Crippen molar-refractivity contribution in [3.05, 3.63) is 0 Å². The number of alkyl halides is 2. The SMILES string of the molecule is CC(I)NC1CCN(C)CC(F)C1. The first-order valence-electron chi connectivity index (χ1n) is 4.80. The Bertz CT molecular complexity index is 155. The number of rotatable bonds is 2. The smallest absolute Gasteiger partial charge is 0.114 e. The Balaban J connectivity index is 2.38. The van der Waals surface area contributed by atoms with Crippen LogP contribution in [0.25, 0.3) is 0 Å². The fourth-order valence-corrected chi connectivity index (χ4v) is 2.29. The Labute approximate surface area is 93.4 Å². The van der Waals surface area contributed by atoms with E-state index in [0.29, 0.717) is 23.1 Å². The normalized spacial score (nSPS) is 34.2. The summed E-state index contributed by atoms with van der Waals surface area (Å²) in [7, 11) is 1.99. The number of hydrogen-bond donors (Lipinski definition) is 1. The summed E-state index contributed by atoms with van der Waals surface area (Å²) in [5, 5.41) is 3.39. The van der Waals surface area contributed by atoms with Crippen LogP contribution in [0.3, 0.4) is 0 Å². The van der Waals surface area contributed by atoms with E-state index >= 15 is 0 Å². The summed E-state index contributed by atoms with van der Waals surface area (Å²) in [6.45, 7) is 3.69. The third kappa shape index (κ3) is 4.56. The molecule has 1 aliphatic rings. The molecule has 0 spiro atoms. The fourth-order valence-electron chi connectivity index (χ4n) is 1.78. The highest BCUT2D eigenvalue weighted by molar-refractivity contribution is 14.1. The number of likely N-dealkylation sites (tertiary alicyclic amines) is 1. The fraction of sp³-hybridized carbons (Fsp3) is 1.00. The van der Waals surface area contributed by atoms with E-state index in [4.69, 9.17) is 0 Å². The van der Waals surface area contributed by atoms with Crippen LogP contribution < -0.4 is 5.32 Å². The van der Waals surface area contributed by atoms with Crippen molar-refractivity contribution in [2.75, 3.05) is 20.1 Å².